The van der Waals surface area contributed by atoms with E-state index in [0.29, 0.717) is 0 Å². The number of rotatable bonds is 2. The highest BCUT2D eigenvalue weighted by molar-refractivity contribution is 5.82. The first-order valence-electron chi connectivity index (χ1n) is 11.7. The molecular formula is C28H30N4. The van der Waals surface area contributed by atoms with Crippen LogP contribution in [0.25, 0.3) is 28.2 Å². The van der Waals surface area contributed by atoms with E-state index in [1.807, 2.05) is 12.3 Å². The number of aromatic nitrogens is 3. The van der Waals surface area contributed by atoms with Crippen LogP contribution in [0.15, 0.2) is 60.8 Å². The third kappa shape index (κ3) is 2.82. The molecule has 0 saturated carbocycles. The highest BCUT2D eigenvalue weighted by Crippen LogP contribution is 2.50. The Kier molecular flexibility index (Phi) is 4.08. The van der Waals surface area contributed by atoms with Crippen LogP contribution in [0.2, 0.25) is 0 Å². The summed E-state index contributed by atoms with van der Waals surface area (Å²) in [6, 6.07) is 19.3. The van der Waals surface area contributed by atoms with E-state index >= 15 is 0 Å². The summed E-state index contributed by atoms with van der Waals surface area (Å²) < 4.78 is 2.22. The molecule has 0 aliphatic carbocycles. The van der Waals surface area contributed by atoms with Gasteiger partial charge in [0.15, 0.2) is 5.65 Å². The molecule has 4 heteroatoms. The lowest BCUT2D eigenvalue weighted by molar-refractivity contribution is 0.402. The van der Waals surface area contributed by atoms with Gasteiger partial charge in [-0.05, 0) is 71.2 Å². The van der Waals surface area contributed by atoms with Crippen molar-refractivity contribution in [2.75, 3.05) is 18.0 Å². The van der Waals surface area contributed by atoms with E-state index in [4.69, 9.17) is 9.97 Å². The van der Waals surface area contributed by atoms with Gasteiger partial charge < -0.3 is 4.90 Å². The van der Waals surface area contributed by atoms with Crippen molar-refractivity contribution in [3.05, 3.63) is 71.9 Å². The second kappa shape index (κ2) is 6.68. The van der Waals surface area contributed by atoms with Crippen molar-refractivity contribution in [1.82, 2.24) is 14.5 Å². The molecule has 2 aromatic heterocycles. The lowest BCUT2D eigenvalue weighted by atomic mass is 9.69. The molecule has 0 unspecified atom stereocenters. The third-order valence-corrected chi connectivity index (χ3v) is 7.59. The molecule has 4 nitrogen and oxygen atoms in total. The van der Waals surface area contributed by atoms with Crippen LogP contribution in [-0.4, -0.2) is 27.6 Å². The molecular weight excluding hydrogens is 392 g/mol. The molecule has 4 heterocycles. The Morgan fingerprint density at radius 2 is 1.47 bits per heavy atom. The van der Waals surface area contributed by atoms with E-state index in [2.05, 4.69) is 85.7 Å². The maximum Gasteiger partial charge on any atom is 0.164 e. The average molecular weight is 423 g/mol. The van der Waals surface area contributed by atoms with Crippen LogP contribution >= 0.6 is 0 Å². The van der Waals surface area contributed by atoms with E-state index in [9.17, 15) is 0 Å². The fraction of sp³-hybridized carbons (Fsp3) is 0.357. The predicted molar refractivity (Wildman–Crippen MR) is 132 cm³/mol. The van der Waals surface area contributed by atoms with Gasteiger partial charge in [0.1, 0.15) is 11.3 Å². The van der Waals surface area contributed by atoms with Crippen LogP contribution in [0.3, 0.4) is 0 Å². The normalized spacial score (nSPS) is 18.6. The van der Waals surface area contributed by atoms with Crippen LogP contribution in [0.4, 0.5) is 5.69 Å². The van der Waals surface area contributed by atoms with Crippen molar-refractivity contribution in [2.45, 2.75) is 51.4 Å². The van der Waals surface area contributed by atoms with Gasteiger partial charge in [0.2, 0.25) is 0 Å². The SMILES string of the molecule is CC1(C)CCN2CCC(C)(C)c3cc(-c4nc5cccnc5n4-c4ccccc4)cc1c32. The van der Waals surface area contributed by atoms with Gasteiger partial charge in [-0.25, -0.2) is 9.97 Å². The van der Waals surface area contributed by atoms with Crippen molar-refractivity contribution in [1.29, 1.82) is 0 Å². The minimum atomic E-state index is 0.145. The molecule has 2 aliphatic heterocycles. The van der Waals surface area contributed by atoms with Crippen LogP contribution in [0.5, 0.6) is 0 Å². The van der Waals surface area contributed by atoms with Gasteiger partial charge in [0.25, 0.3) is 0 Å². The number of hydrogen-bond acceptors (Lipinski definition) is 3. The molecule has 0 atom stereocenters. The standard InChI is InChI=1S/C28H30N4/c1-27(2)12-15-31-16-13-28(3,4)22-18-19(17-21(27)24(22)31)25-30-23-11-8-14-29-26(23)32(25)20-9-6-5-7-10-20/h5-11,14,17-18H,12-13,15-16H2,1-4H3. The van der Waals surface area contributed by atoms with Gasteiger partial charge in [-0.15, -0.1) is 0 Å². The van der Waals surface area contributed by atoms with Gasteiger partial charge in [-0.1, -0.05) is 45.9 Å². The Bertz CT molecular complexity index is 1290. The lowest BCUT2D eigenvalue weighted by Gasteiger charge is -2.48. The number of anilines is 1. The summed E-state index contributed by atoms with van der Waals surface area (Å²) in [4.78, 5) is 12.4. The zero-order valence-electron chi connectivity index (χ0n) is 19.4. The first-order valence-corrected chi connectivity index (χ1v) is 11.7. The van der Waals surface area contributed by atoms with Crippen molar-refractivity contribution < 1.29 is 0 Å². The molecule has 6 rings (SSSR count). The maximum atomic E-state index is 5.10. The monoisotopic (exact) mass is 422 g/mol. The molecule has 0 fully saturated rings. The quantitative estimate of drug-likeness (QED) is 0.382. The van der Waals surface area contributed by atoms with Gasteiger partial charge in [-0.3, -0.25) is 4.57 Å². The number of para-hydroxylation sites is 1. The topological polar surface area (TPSA) is 34.0 Å². The molecule has 2 aliphatic rings. The second-order valence-electron chi connectivity index (χ2n) is 10.6. The first kappa shape index (κ1) is 19.5. The molecule has 32 heavy (non-hydrogen) atoms. The summed E-state index contributed by atoms with van der Waals surface area (Å²) in [5.41, 5.74) is 8.80. The zero-order valence-corrected chi connectivity index (χ0v) is 19.4. The van der Waals surface area contributed by atoms with Crippen LogP contribution < -0.4 is 4.90 Å². The number of fused-ring (bicyclic) bond motifs is 1. The van der Waals surface area contributed by atoms with Crippen molar-refractivity contribution in [2.24, 2.45) is 0 Å². The van der Waals surface area contributed by atoms with Crippen LogP contribution in [-0.2, 0) is 10.8 Å². The summed E-state index contributed by atoms with van der Waals surface area (Å²) in [5.74, 6) is 0.971. The Hall–Kier alpha value is -3.14. The van der Waals surface area contributed by atoms with Crippen LogP contribution in [0, 0.1) is 0 Å². The third-order valence-electron chi connectivity index (χ3n) is 7.59. The molecule has 0 bridgehead atoms. The molecule has 0 spiro atoms. The minimum absolute atomic E-state index is 0.145. The second-order valence-corrected chi connectivity index (χ2v) is 10.6. The van der Waals surface area contributed by atoms with E-state index in [-0.39, 0.29) is 10.8 Å². The molecule has 0 N–H and O–H groups in total. The highest BCUT2D eigenvalue weighted by Gasteiger charge is 2.40. The van der Waals surface area contributed by atoms with Crippen LogP contribution in [0.1, 0.15) is 51.7 Å². The fourth-order valence-corrected chi connectivity index (χ4v) is 5.50. The summed E-state index contributed by atoms with van der Waals surface area (Å²) in [6.07, 6.45) is 4.22. The molecule has 0 saturated heterocycles. The smallest absolute Gasteiger partial charge is 0.164 e. The lowest BCUT2D eigenvalue weighted by Crippen LogP contribution is -2.44. The zero-order chi connectivity index (χ0) is 22.1. The Morgan fingerprint density at radius 3 is 2.12 bits per heavy atom. The van der Waals surface area contributed by atoms with Crippen molar-refractivity contribution in [3.63, 3.8) is 0 Å². The number of pyridine rings is 1. The van der Waals surface area contributed by atoms with Crippen molar-refractivity contribution in [3.8, 4) is 17.1 Å². The Labute approximate surface area is 189 Å². The van der Waals surface area contributed by atoms with E-state index in [1.54, 1.807) is 0 Å². The van der Waals surface area contributed by atoms with Gasteiger partial charge in [-0.2, -0.15) is 0 Å². The highest BCUT2D eigenvalue weighted by atomic mass is 15.2. The maximum absolute atomic E-state index is 5.10. The number of imidazole rings is 1. The van der Waals surface area contributed by atoms with Gasteiger partial charge in [0.05, 0.1) is 0 Å². The molecule has 0 amide bonds. The summed E-state index contributed by atoms with van der Waals surface area (Å²) in [6.45, 7) is 11.9. The van der Waals surface area contributed by atoms with E-state index in [0.717, 1.165) is 35.8 Å². The molecule has 4 aromatic rings. The predicted octanol–water partition coefficient (Wildman–Crippen LogP) is 6.26. The number of hydrogen-bond donors (Lipinski definition) is 0. The van der Waals surface area contributed by atoms with Gasteiger partial charge >= 0.3 is 0 Å². The summed E-state index contributed by atoms with van der Waals surface area (Å²) in [5, 5.41) is 0. The van der Waals surface area contributed by atoms with E-state index in [1.165, 1.54) is 35.2 Å². The summed E-state index contributed by atoms with van der Waals surface area (Å²) >= 11 is 0. The minimum Gasteiger partial charge on any atom is -0.371 e. The number of benzene rings is 2. The fourth-order valence-electron chi connectivity index (χ4n) is 5.50. The average Bonchev–Trinajstić information content (AvgIpc) is 3.18. The largest absolute Gasteiger partial charge is 0.371 e. The Balaban J connectivity index is 1.68. The van der Waals surface area contributed by atoms with Gasteiger partial charge in [0, 0.05) is 36.2 Å². The summed E-state index contributed by atoms with van der Waals surface area (Å²) in [7, 11) is 0. The molecule has 0 radical (unpaired) electrons. The molecule has 2 aromatic carbocycles. The van der Waals surface area contributed by atoms with E-state index < -0.39 is 0 Å². The van der Waals surface area contributed by atoms with Crippen molar-refractivity contribution >= 4 is 16.9 Å². The first-order chi connectivity index (χ1) is 15.4. The Morgan fingerprint density at radius 1 is 0.812 bits per heavy atom. The molecule has 162 valence electrons. The number of nitrogens with zero attached hydrogens (tertiary/aromatic N) is 4.